The Balaban J connectivity index is 2.24. The molecular weight excluding hydrogens is 352 g/mol. The van der Waals surface area contributed by atoms with E-state index in [1.54, 1.807) is 13.0 Å². The van der Waals surface area contributed by atoms with Crippen LogP contribution in [0.15, 0.2) is 21.5 Å². The van der Waals surface area contributed by atoms with Gasteiger partial charge in [-0.15, -0.1) is 0 Å². The van der Waals surface area contributed by atoms with Gasteiger partial charge in [0.1, 0.15) is 0 Å². The molecule has 6 heteroatoms. The van der Waals surface area contributed by atoms with Crippen LogP contribution in [0.2, 0.25) is 0 Å². The SMILES string of the molecule is Cc1cc(Br)c(N)cc1S(=O)(=O)NC1CC(C)CC(C)C1. The highest BCUT2D eigenvalue weighted by Gasteiger charge is 2.28. The Hall–Kier alpha value is -0.590. The predicted molar refractivity (Wildman–Crippen MR) is 89.6 cm³/mol. The molecule has 1 aliphatic rings. The number of hydrogen-bond acceptors (Lipinski definition) is 3. The van der Waals surface area contributed by atoms with Crippen LogP contribution in [0.5, 0.6) is 0 Å². The second-order valence-electron chi connectivity index (χ2n) is 6.37. The van der Waals surface area contributed by atoms with Crippen molar-refractivity contribution in [2.24, 2.45) is 11.8 Å². The molecule has 0 heterocycles. The maximum absolute atomic E-state index is 12.6. The number of nitrogens with two attached hydrogens (primary N) is 1. The minimum absolute atomic E-state index is 0.0121. The molecule has 21 heavy (non-hydrogen) atoms. The number of halogens is 1. The van der Waals surface area contributed by atoms with Gasteiger partial charge >= 0.3 is 0 Å². The number of hydrogen-bond donors (Lipinski definition) is 2. The van der Waals surface area contributed by atoms with E-state index in [1.807, 2.05) is 0 Å². The minimum atomic E-state index is -3.53. The molecule has 1 aliphatic carbocycles. The largest absolute Gasteiger partial charge is 0.398 e. The Labute approximate surface area is 135 Å². The summed E-state index contributed by atoms with van der Waals surface area (Å²) < 4.78 is 28.8. The van der Waals surface area contributed by atoms with Crippen molar-refractivity contribution in [2.45, 2.75) is 51.0 Å². The number of sulfonamides is 1. The first-order valence-electron chi connectivity index (χ1n) is 7.27. The van der Waals surface area contributed by atoms with Gasteiger partial charge in [-0.3, -0.25) is 0 Å². The molecule has 0 bridgehead atoms. The van der Waals surface area contributed by atoms with Crippen molar-refractivity contribution in [1.29, 1.82) is 0 Å². The van der Waals surface area contributed by atoms with E-state index in [9.17, 15) is 8.42 Å². The molecule has 1 aromatic rings. The Bertz CT molecular complexity index is 621. The second-order valence-corrected chi connectivity index (χ2v) is 8.91. The maximum Gasteiger partial charge on any atom is 0.241 e. The average molecular weight is 375 g/mol. The average Bonchev–Trinajstić information content (AvgIpc) is 2.31. The van der Waals surface area contributed by atoms with Gasteiger partial charge in [-0.05, 0) is 71.6 Å². The summed E-state index contributed by atoms with van der Waals surface area (Å²) in [6.07, 6.45) is 2.96. The van der Waals surface area contributed by atoms with Crippen LogP contribution < -0.4 is 10.5 Å². The number of anilines is 1. The summed E-state index contributed by atoms with van der Waals surface area (Å²) in [6.45, 7) is 6.14. The smallest absolute Gasteiger partial charge is 0.241 e. The van der Waals surface area contributed by atoms with Crippen molar-refractivity contribution < 1.29 is 8.42 Å². The highest BCUT2D eigenvalue weighted by Crippen LogP contribution is 2.31. The monoisotopic (exact) mass is 374 g/mol. The maximum atomic E-state index is 12.6. The molecule has 1 fully saturated rings. The summed E-state index contributed by atoms with van der Waals surface area (Å²) >= 11 is 3.32. The van der Waals surface area contributed by atoms with Crippen LogP contribution in [0.4, 0.5) is 5.69 Å². The van der Waals surface area contributed by atoms with Gasteiger partial charge in [-0.2, -0.15) is 0 Å². The lowest BCUT2D eigenvalue weighted by Crippen LogP contribution is -2.40. The van der Waals surface area contributed by atoms with E-state index in [4.69, 9.17) is 5.73 Å². The van der Waals surface area contributed by atoms with Crippen LogP contribution in [0, 0.1) is 18.8 Å². The molecule has 2 atom stereocenters. The molecule has 0 amide bonds. The van der Waals surface area contributed by atoms with E-state index < -0.39 is 10.0 Å². The molecular formula is C15H23BrN2O2S. The van der Waals surface area contributed by atoms with Gasteiger partial charge in [0, 0.05) is 16.2 Å². The molecule has 0 aliphatic heterocycles. The fourth-order valence-electron chi connectivity index (χ4n) is 3.28. The summed E-state index contributed by atoms with van der Waals surface area (Å²) in [5, 5.41) is 0. The summed E-state index contributed by atoms with van der Waals surface area (Å²) in [4.78, 5) is 0.272. The van der Waals surface area contributed by atoms with E-state index >= 15 is 0 Å². The van der Waals surface area contributed by atoms with Crippen LogP contribution in [-0.4, -0.2) is 14.5 Å². The van der Waals surface area contributed by atoms with E-state index in [0.29, 0.717) is 23.1 Å². The van der Waals surface area contributed by atoms with E-state index in [2.05, 4.69) is 34.5 Å². The highest BCUT2D eigenvalue weighted by atomic mass is 79.9. The molecule has 0 aromatic heterocycles. The van der Waals surface area contributed by atoms with Gasteiger partial charge in [0.25, 0.3) is 0 Å². The fourth-order valence-corrected chi connectivity index (χ4v) is 5.27. The highest BCUT2D eigenvalue weighted by molar-refractivity contribution is 9.10. The van der Waals surface area contributed by atoms with Crippen molar-refractivity contribution in [3.63, 3.8) is 0 Å². The quantitative estimate of drug-likeness (QED) is 0.795. The molecule has 3 N–H and O–H groups in total. The predicted octanol–water partition coefficient (Wildman–Crippen LogP) is 3.44. The molecule has 0 radical (unpaired) electrons. The molecule has 0 spiro atoms. The first kappa shape index (κ1) is 16.8. The Morgan fingerprint density at radius 3 is 2.33 bits per heavy atom. The molecule has 118 valence electrons. The van der Waals surface area contributed by atoms with Gasteiger partial charge in [0.2, 0.25) is 10.0 Å². The third-order valence-corrected chi connectivity index (χ3v) is 6.43. The van der Waals surface area contributed by atoms with Gasteiger partial charge in [-0.1, -0.05) is 13.8 Å². The Morgan fingerprint density at radius 1 is 1.19 bits per heavy atom. The standard InChI is InChI=1S/C15H23BrN2O2S/c1-9-4-10(2)6-12(5-9)18-21(19,20)15-8-14(17)13(16)7-11(15)3/h7-10,12,18H,4-6,17H2,1-3H3. The Kier molecular flexibility index (Phi) is 5.00. The lowest BCUT2D eigenvalue weighted by atomic mass is 9.81. The van der Waals surface area contributed by atoms with Gasteiger partial charge < -0.3 is 5.73 Å². The van der Waals surface area contributed by atoms with Crippen LogP contribution in [0.3, 0.4) is 0 Å². The third kappa shape index (κ3) is 3.99. The zero-order chi connectivity index (χ0) is 15.8. The molecule has 2 rings (SSSR count). The third-order valence-electron chi connectivity index (χ3n) is 4.08. The van der Waals surface area contributed by atoms with Gasteiger partial charge in [-0.25, -0.2) is 13.1 Å². The summed E-state index contributed by atoms with van der Waals surface area (Å²) in [7, 11) is -3.53. The second kappa shape index (κ2) is 6.26. The van der Waals surface area contributed by atoms with Crippen molar-refractivity contribution in [3.05, 3.63) is 22.2 Å². The zero-order valence-corrected chi connectivity index (χ0v) is 15.1. The van der Waals surface area contributed by atoms with E-state index in [0.717, 1.165) is 17.3 Å². The van der Waals surface area contributed by atoms with Gasteiger partial charge in [0.15, 0.2) is 0 Å². The molecule has 4 nitrogen and oxygen atoms in total. The molecule has 1 aromatic carbocycles. The number of benzene rings is 1. The minimum Gasteiger partial charge on any atom is -0.398 e. The number of rotatable bonds is 3. The molecule has 1 saturated carbocycles. The van der Waals surface area contributed by atoms with Crippen molar-refractivity contribution in [2.75, 3.05) is 5.73 Å². The normalized spacial score (nSPS) is 26.8. The lowest BCUT2D eigenvalue weighted by molar-refractivity contribution is 0.257. The van der Waals surface area contributed by atoms with Crippen LogP contribution >= 0.6 is 15.9 Å². The first-order chi connectivity index (χ1) is 9.69. The lowest BCUT2D eigenvalue weighted by Gasteiger charge is -2.31. The fraction of sp³-hybridized carbons (Fsp3) is 0.600. The molecule has 2 unspecified atom stereocenters. The zero-order valence-electron chi connectivity index (χ0n) is 12.7. The van der Waals surface area contributed by atoms with Gasteiger partial charge in [0.05, 0.1) is 4.90 Å². The summed E-state index contributed by atoms with van der Waals surface area (Å²) in [6, 6.07) is 3.28. The van der Waals surface area contributed by atoms with Crippen LogP contribution in [0.1, 0.15) is 38.7 Å². The topological polar surface area (TPSA) is 72.2 Å². The van der Waals surface area contributed by atoms with Crippen LogP contribution in [-0.2, 0) is 10.0 Å². The molecule has 0 saturated heterocycles. The van der Waals surface area contributed by atoms with Crippen molar-refractivity contribution in [1.82, 2.24) is 4.72 Å². The van der Waals surface area contributed by atoms with Crippen molar-refractivity contribution in [3.8, 4) is 0 Å². The van der Waals surface area contributed by atoms with E-state index in [-0.39, 0.29) is 10.9 Å². The Morgan fingerprint density at radius 2 is 1.76 bits per heavy atom. The van der Waals surface area contributed by atoms with Crippen LogP contribution in [0.25, 0.3) is 0 Å². The summed E-state index contributed by atoms with van der Waals surface area (Å²) in [5.41, 5.74) is 6.96. The number of nitrogens with one attached hydrogen (secondary N) is 1. The number of nitrogen functional groups attached to an aromatic ring is 1. The first-order valence-corrected chi connectivity index (χ1v) is 9.54. The van der Waals surface area contributed by atoms with Crippen molar-refractivity contribution >= 4 is 31.6 Å². The number of aryl methyl sites for hydroxylation is 1. The van der Waals surface area contributed by atoms with E-state index in [1.165, 1.54) is 12.5 Å². The summed E-state index contributed by atoms with van der Waals surface area (Å²) in [5.74, 6) is 1.11.